The molecule has 2 N–H and O–H groups in total. The quantitative estimate of drug-likeness (QED) is 0.578. The summed E-state index contributed by atoms with van der Waals surface area (Å²) in [6, 6.07) is 11.8. The van der Waals surface area contributed by atoms with Gasteiger partial charge < -0.3 is 5.32 Å². The number of carbonyl (C=O) groups excluding carboxylic acids is 1. The standard InChI is InChI=1S/C20H17BrN4OS/c1-10-8-13(21)9-14-17(10)23-20(26)18(14)22-15-6-4-5-7-16(15)27-19-11(2)24-25-12(19)3/h4-9H,1-3H3,(H,24,25)(H,22,23,26). The molecular formula is C20H17BrN4OS. The number of fused-ring (bicyclic) bond motifs is 1. The zero-order valence-corrected chi connectivity index (χ0v) is 17.5. The van der Waals surface area contributed by atoms with Crippen LogP contribution in [0.1, 0.15) is 22.5 Å². The third-order valence-corrected chi connectivity index (χ3v) is 6.21. The van der Waals surface area contributed by atoms with Crippen molar-refractivity contribution in [3.05, 3.63) is 63.4 Å². The summed E-state index contributed by atoms with van der Waals surface area (Å²) in [5.74, 6) is -0.179. The van der Waals surface area contributed by atoms with Crippen LogP contribution in [0.3, 0.4) is 0 Å². The molecule has 0 fully saturated rings. The van der Waals surface area contributed by atoms with Crippen molar-refractivity contribution in [2.24, 2.45) is 4.99 Å². The summed E-state index contributed by atoms with van der Waals surface area (Å²) in [4.78, 5) is 19.3. The molecule has 136 valence electrons. The van der Waals surface area contributed by atoms with Crippen LogP contribution in [0.15, 0.2) is 55.7 Å². The fourth-order valence-corrected chi connectivity index (χ4v) is 4.61. The van der Waals surface area contributed by atoms with Crippen LogP contribution in [0.4, 0.5) is 11.4 Å². The molecule has 1 amide bonds. The van der Waals surface area contributed by atoms with Crippen molar-refractivity contribution in [3.63, 3.8) is 0 Å². The van der Waals surface area contributed by atoms with E-state index in [0.717, 1.165) is 48.2 Å². The third-order valence-electron chi connectivity index (χ3n) is 4.38. The number of halogens is 1. The molecule has 7 heteroatoms. The van der Waals surface area contributed by atoms with Gasteiger partial charge in [0.05, 0.1) is 22.0 Å². The molecule has 0 unspecified atom stereocenters. The van der Waals surface area contributed by atoms with Crippen molar-refractivity contribution in [1.29, 1.82) is 0 Å². The molecule has 1 aromatic heterocycles. The summed E-state index contributed by atoms with van der Waals surface area (Å²) in [7, 11) is 0. The molecule has 0 saturated heterocycles. The monoisotopic (exact) mass is 440 g/mol. The van der Waals surface area contributed by atoms with E-state index in [0.29, 0.717) is 5.71 Å². The molecule has 27 heavy (non-hydrogen) atoms. The summed E-state index contributed by atoms with van der Waals surface area (Å²) in [6.07, 6.45) is 0. The maximum absolute atomic E-state index is 12.6. The Morgan fingerprint density at radius 1 is 1.15 bits per heavy atom. The van der Waals surface area contributed by atoms with Crippen molar-refractivity contribution in [1.82, 2.24) is 10.2 Å². The molecule has 5 nitrogen and oxygen atoms in total. The fraction of sp³-hybridized carbons (Fsp3) is 0.150. The highest BCUT2D eigenvalue weighted by Crippen LogP contribution is 2.39. The number of aryl methyl sites for hydroxylation is 3. The summed E-state index contributed by atoms with van der Waals surface area (Å²) >= 11 is 5.11. The molecule has 1 aliphatic heterocycles. The molecule has 1 aliphatic rings. The molecule has 0 saturated carbocycles. The Kier molecular flexibility index (Phi) is 4.65. The lowest BCUT2D eigenvalue weighted by atomic mass is 10.1. The third kappa shape index (κ3) is 3.33. The van der Waals surface area contributed by atoms with E-state index < -0.39 is 0 Å². The zero-order valence-electron chi connectivity index (χ0n) is 15.1. The van der Waals surface area contributed by atoms with E-state index in [2.05, 4.69) is 31.4 Å². The second kappa shape index (κ2) is 6.98. The van der Waals surface area contributed by atoms with Crippen molar-refractivity contribution in [2.75, 3.05) is 5.32 Å². The van der Waals surface area contributed by atoms with Gasteiger partial charge in [-0.1, -0.05) is 39.8 Å². The number of para-hydroxylation sites is 1. The summed E-state index contributed by atoms with van der Waals surface area (Å²) in [5, 5.41) is 10.2. The molecule has 0 radical (unpaired) electrons. The number of hydrogen-bond donors (Lipinski definition) is 2. The first kappa shape index (κ1) is 18.0. The number of rotatable bonds is 3. The molecule has 0 aliphatic carbocycles. The maximum atomic E-state index is 12.6. The van der Waals surface area contributed by atoms with E-state index in [9.17, 15) is 4.79 Å². The van der Waals surface area contributed by atoms with Gasteiger partial charge in [-0.05, 0) is 50.6 Å². The van der Waals surface area contributed by atoms with E-state index >= 15 is 0 Å². The van der Waals surface area contributed by atoms with Gasteiger partial charge in [0.2, 0.25) is 0 Å². The normalized spacial score (nSPS) is 14.5. The van der Waals surface area contributed by atoms with Crippen molar-refractivity contribution < 1.29 is 4.79 Å². The average molecular weight is 441 g/mol. The highest BCUT2D eigenvalue weighted by molar-refractivity contribution is 9.10. The first-order valence-corrected chi connectivity index (χ1v) is 10.0. The maximum Gasteiger partial charge on any atom is 0.275 e. The Hall–Kier alpha value is -2.38. The van der Waals surface area contributed by atoms with Crippen molar-refractivity contribution >= 4 is 50.7 Å². The minimum atomic E-state index is -0.179. The van der Waals surface area contributed by atoms with Crippen LogP contribution in [0.25, 0.3) is 0 Å². The molecule has 0 spiro atoms. The van der Waals surface area contributed by atoms with Gasteiger partial charge >= 0.3 is 0 Å². The molecule has 0 atom stereocenters. The van der Waals surface area contributed by atoms with E-state index in [4.69, 9.17) is 4.99 Å². The zero-order chi connectivity index (χ0) is 19.1. The van der Waals surface area contributed by atoms with Gasteiger partial charge in [-0.2, -0.15) is 5.10 Å². The first-order valence-electron chi connectivity index (χ1n) is 8.43. The number of aliphatic imine (C=N–C) groups is 1. The second-order valence-electron chi connectivity index (χ2n) is 6.39. The Bertz CT molecular complexity index is 1080. The van der Waals surface area contributed by atoms with Gasteiger partial charge in [0.25, 0.3) is 5.91 Å². The van der Waals surface area contributed by atoms with E-state index in [1.165, 1.54) is 0 Å². The Balaban J connectivity index is 1.79. The minimum Gasteiger partial charge on any atom is -0.320 e. The highest BCUT2D eigenvalue weighted by atomic mass is 79.9. The number of nitrogens with zero attached hydrogens (tertiary/aromatic N) is 2. The van der Waals surface area contributed by atoms with Crippen LogP contribution >= 0.6 is 27.7 Å². The molecule has 2 heterocycles. The molecule has 2 aromatic carbocycles. The lowest BCUT2D eigenvalue weighted by Gasteiger charge is -2.07. The topological polar surface area (TPSA) is 70.1 Å². The van der Waals surface area contributed by atoms with Crippen LogP contribution in [0, 0.1) is 20.8 Å². The summed E-state index contributed by atoms with van der Waals surface area (Å²) in [6.45, 7) is 5.94. The van der Waals surface area contributed by atoms with Gasteiger partial charge in [0.1, 0.15) is 5.71 Å². The smallest absolute Gasteiger partial charge is 0.275 e. The van der Waals surface area contributed by atoms with Crippen LogP contribution in [-0.2, 0) is 4.79 Å². The first-order chi connectivity index (χ1) is 12.9. The number of H-pyrrole nitrogens is 1. The second-order valence-corrected chi connectivity index (χ2v) is 8.36. The van der Waals surface area contributed by atoms with Gasteiger partial charge in [-0.15, -0.1) is 0 Å². The lowest BCUT2D eigenvalue weighted by Crippen LogP contribution is -2.14. The predicted molar refractivity (Wildman–Crippen MR) is 112 cm³/mol. The van der Waals surface area contributed by atoms with Gasteiger partial charge in [-0.3, -0.25) is 9.89 Å². The number of carbonyl (C=O) groups is 1. The Morgan fingerprint density at radius 3 is 2.67 bits per heavy atom. The van der Waals surface area contributed by atoms with Crippen LogP contribution in [0.2, 0.25) is 0 Å². The van der Waals surface area contributed by atoms with Crippen LogP contribution < -0.4 is 5.32 Å². The predicted octanol–water partition coefficient (Wildman–Crippen LogP) is 5.32. The van der Waals surface area contributed by atoms with Gasteiger partial charge in [0, 0.05) is 20.6 Å². The number of benzene rings is 2. The number of aromatic nitrogens is 2. The number of aromatic amines is 1. The van der Waals surface area contributed by atoms with E-state index in [-0.39, 0.29) is 5.91 Å². The van der Waals surface area contributed by atoms with Crippen molar-refractivity contribution in [2.45, 2.75) is 30.6 Å². The number of anilines is 1. The number of hydrogen-bond acceptors (Lipinski definition) is 4. The Labute approximate surface area is 169 Å². The van der Waals surface area contributed by atoms with Gasteiger partial charge in [-0.25, -0.2) is 4.99 Å². The minimum absolute atomic E-state index is 0.179. The van der Waals surface area contributed by atoms with Crippen LogP contribution in [0.5, 0.6) is 0 Å². The van der Waals surface area contributed by atoms with Crippen molar-refractivity contribution in [3.8, 4) is 0 Å². The number of nitrogens with one attached hydrogen (secondary N) is 2. The lowest BCUT2D eigenvalue weighted by molar-refractivity contribution is -0.110. The molecule has 0 bridgehead atoms. The summed E-state index contributed by atoms with van der Waals surface area (Å²) in [5.41, 5.74) is 5.81. The van der Waals surface area contributed by atoms with Gasteiger partial charge in [0.15, 0.2) is 0 Å². The average Bonchev–Trinajstić information content (AvgIpc) is 3.11. The SMILES string of the molecule is Cc1cc(Br)cc2c1NC(=O)C2=Nc1ccccc1Sc1c(C)n[nH]c1C. The van der Waals surface area contributed by atoms with E-state index in [1.807, 2.05) is 57.2 Å². The fourth-order valence-electron chi connectivity index (χ4n) is 3.06. The molecular weight excluding hydrogens is 424 g/mol. The molecule has 3 aromatic rings. The summed E-state index contributed by atoms with van der Waals surface area (Å²) < 4.78 is 0.926. The van der Waals surface area contributed by atoms with E-state index in [1.54, 1.807) is 11.8 Å². The van der Waals surface area contributed by atoms with Crippen LogP contribution in [-0.4, -0.2) is 21.8 Å². The largest absolute Gasteiger partial charge is 0.320 e. The highest BCUT2D eigenvalue weighted by Gasteiger charge is 2.28. The Morgan fingerprint density at radius 2 is 1.93 bits per heavy atom. The number of amides is 1. The molecule has 4 rings (SSSR count).